The molecule has 1 aliphatic heterocycles. The fraction of sp³-hybridized carbons (Fsp3) is 0.400. The molecule has 0 aromatic carbocycles. The summed E-state index contributed by atoms with van der Waals surface area (Å²) in [5, 5.41) is 9.60. The van der Waals surface area contributed by atoms with Crippen LogP contribution in [0, 0.1) is 0 Å². The standard InChI is InChI=1S/C10H12N2O2/c1-4(2)8-7-6(9(13)12-8)5(3)11-10(7)14/h4,12-13H,1-3H3. The Morgan fingerprint density at radius 2 is 2.00 bits per heavy atom. The maximum atomic E-state index is 11.5. The van der Waals surface area contributed by atoms with Crippen LogP contribution >= 0.6 is 0 Å². The number of aromatic hydroxyl groups is 1. The van der Waals surface area contributed by atoms with Crippen molar-refractivity contribution in [2.75, 3.05) is 0 Å². The highest BCUT2D eigenvalue weighted by Crippen LogP contribution is 2.33. The largest absolute Gasteiger partial charge is 0.494 e. The smallest absolute Gasteiger partial charge is 0.279 e. The molecule has 4 nitrogen and oxygen atoms in total. The lowest BCUT2D eigenvalue weighted by atomic mass is 10.0. The molecular formula is C10H12N2O2. The predicted octanol–water partition coefficient (Wildman–Crippen LogP) is 1.81. The van der Waals surface area contributed by atoms with E-state index in [0.717, 1.165) is 5.69 Å². The van der Waals surface area contributed by atoms with E-state index in [1.54, 1.807) is 6.92 Å². The summed E-state index contributed by atoms with van der Waals surface area (Å²) in [4.78, 5) is 18.1. The molecule has 0 bridgehead atoms. The number of nitrogens with zero attached hydrogens (tertiary/aromatic N) is 1. The average Bonchev–Trinajstić information content (AvgIpc) is 2.54. The molecule has 2 rings (SSSR count). The van der Waals surface area contributed by atoms with E-state index in [2.05, 4.69) is 9.98 Å². The van der Waals surface area contributed by atoms with Gasteiger partial charge in [-0.2, -0.15) is 0 Å². The fourth-order valence-electron chi connectivity index (χ4n) is 1.78. The minimum absolute atomic E-state index is 0.0517. The highest BCUT2D eigenvalue weighted by atomic mass is 16.3. The lowest BCUT2D eigenvalue weighted by Crippen LogP contribution is -1.98. The van der Waals surface area contributed by atoms with Gasteiger partial charge in [-0.1, -0.05) is 13.8 Å². The summed E-state index contributed by atoms with van der Waals surface area (Å²) < 4.78 is 0. The first-order valence-electron chi connectivity index (χ1n) is 4.57. The fourth-order valence-corrected chi connectivity index (χ4v) is 1.78. The number of carbonyl (C=O) groups excluding carboxylic acids is 1. The molecular weight excluding hydrogens is 180 g/mol. The maximum absolute atomic E-state index is 11.5. The molecule has 74 valence electrons. The number of hydrogen-bond donors (Lipinski definition) is 2. The molecule has 0 unspecified atom stereocenters. The van der Waals surface area contributed by atoms with Crippen molar-refractivity contribution >= 4 is 11.6 Å². The summed E-state index contributed by atoms with van der Waals surface area (Å²) in [5.41, 5.74) is 2.46. The first-order valence-corrected chi connectivity index (χ1v) is 4.57. The van der Waals surface area contributed by atoms with Crippen LogP contribution in [0.1, 0.15) is 48.3 Å². The molecule has 1 aliphatic rings. The first-order chi connectivity index (χ1) is 6.52. The number of fused-ring (bicyclic) bond motifs is 1. The lowest BCUT2D eigenvalue weighted by Gasteiger charge is -2.02. The highest BCUT2D eigenvalue weighted by molar-refractivity contribution is 6.22. The van der Waals surface area contributed by atoms with Gasteiger partial charge in [0.1, 0.15) is 0 Å². The van der Waals surface area contributed by atoms with Crippen LogP contribution in [0.25, 0.3) is 0 Å². The van der Waals surface area contributed by atoms with Crippen molar-refractivity contribution in [3.8, 4) is 5.88 Å². The van der Waals surface area contributed by atoms with Gasteiger partial charge in [0, 0.05) is 5.69 Å². The summed E-state index contributed by atoms with van der Waals surface area (Å²) in [7, 11) is 0. The third kappa shape index (κ3) is 0.999. The van der Waals surface area contributed by atoms with E-state index in [-0.39, 0.29) is 17.7 Å². The molecule has 0 atom stereocenters. The Morgan fingerprint density at radius 1 is 1.36 bits per heavy atom. The SMILES string of the molecule is CC1=NC(=O)c2c(C(C)C)[nH]c(O)c21. The summed E-state index contributed by atoms with van der Waals surface area (Å²) in [6.45, 7) is 5.65. The Bertz CT molecular complexity index is 441. The predicted molar refractivity (Wildman–Crippen MR) is 53.1 cm³/mol. The summed E-state index contributed by atoms with van der Waals surface area (Å²) in [5.74, 6) is -0.0248. The Kier molecular flexibility index (Phi) is 1.74. The minimum atomic E-state index is -0.252. The zero-order chi connectivity index (χ0) is 10.5. The van der Waals surface area contributed by atoms with Crippen LogP contribution in [0.4, 0.5) is 0 Å². The second-order valence-electron chi connectivity index (χ2n) is 3.79. The van der Waals surface area contributed by atoms with Gasteiger partial charge in [0.2, 0.25) is 0 Å². The van der Waals surface area contributed by atoms with Gasteiger partial charge >= 0.3 is 0 Å². The van der Waals surface area contributed by atoms with E-state index in [4.69, 9.17) is 0 Å². The van der Waals surface area contributed by atoms with Crippen molar-refractivity contribution in [2.24, 2.45) is 4.99 Å². The molecule has 0 aliphatic carbocycles. The van der Waals surface area contributed by atoms with E-state index in [1.807, 2.05) is 13.8 Å². The van der Waals surface area contributed by atoms with E-state index in [1.165, 1.54) is 0 Å². The van der Waals surface area contributed by atoms with Crippen LogP contribution in [0.15, 0.2) is 4.99 Å². The molecule has 2 heterocycles. The summed E-state index contributed by atoms with van der Waals surface area (Å²) >= 11 is 0. The number of hydrogen-bond acceptors (Lipinski definition) is 2. The Labute approximate surface area is 81.7 Å². The number of carbonyl (C=O) groups is 1. The van der Waals surface area contributed by atoms with Crippen LogP contribution in [-0.2, 0) is 0 Å². The van der Waals surface area contributed by atoms with Crippen molar-refractivity contribution in [3.05, 3.63) is 16.8 Å². The highest BCUT2D eigenvalue weighted by Gasteiger charge is 2.30. The minimum Gasteiger partial charge on any atom is -0.494 e. The monoisotopic (exact) mass is 192 g/mol. The molecule has 2 N–H and O–H groups in total. The van der Waals surface area contributed by atoms with E-state index in [9.17, 15) is 9.90 Å². The molecule has 1 aromatic rings. The zero-order valence-corrected chi connectivity index (χ0v) is 8.38. The number of rotatable bonds is 1. The van der Waals surface area contributed by atoms with Gasteiger partial charge in [-0.25, -0.2) is 4.99 Å². The molecule has 14 heavy (non-hydrogen) atoms. The number of amides is 1. The number of H-pyrrole nitrogens is 1. The normalized spacial score (nSPS) is 14.9. The van der Waals surface area contributed by atoms with Crippen LogP contribution in [0.3, 0.4) is 0 Å². The molecule has 1 aromatic heterocycles. The Balaban J connectivity index is 2.69. The van der Waals surface area contributed by atoms with Crippen molar-refractivity contribution in [1.29, 1.82) is 0 Å². The molecule has 0 radical (unpaired) electrons. The zero-order valence-electron chi connectivity index (χ0n) is 8.38. The Hall–Kier alpha value is -1.58. The van der Waals surface area contributed by atoms with Crippen LogP contribution in [0.2, 0.25) is 0 Å². The second-order valence-corrected chi connectivity index (χ2v) is 3.79. The van der Waals surface area contributed by atoms with Gasteiger partial charge in [-0.05, 0) is 12.8 Å². The number of nitrogens with one attached hydrogen (secondary N) is 1. The third-order valence-electron chi connectivity index (χ3n) is 2.43. The van der Waals surface area contributed by atoms with Crippen LogP contribution in [0.5, 0.6) is 5.88 Å². The maximum Gasteiger partial charge on any atom is 0.279 e. The molecule has 0 saturated carbocycles. The molecule has 4 heteroatoms. The quantitative estimate of drug-likeness (QED) is 0.712. The number of aromatic amines is 1. The van der Waals surface area contributed by atoms with E-state index in [0.29, 0.717) is 16.8 Å². The van der Waals surface area contributed by atoms with Crippen molar-refractivity contribution in [2.45, 2.75) is 26.7 Å². The van der Waals surface area contributed by atoms with Gasteiger partial charge in [0.05, 0.1) is 16.8 Å². The first kappa shape index (κ1) is 8.99. The van der Waals surface area contributed by atoms with Crippen molar-refractivity contribution in [3.63, 3.8) is 0 Å². The van der Waals surface area contributed by atoms with Gasteiger partial charge in [-0.15, -0.1) is 0 Å². The Morgan fingerprint density at radius 3 is 2.57 bits per heavy atom. The summed E-state index contributed by atoms with van der Waals surface area (Å²) in [6, 6.07) is 0. The van der Waals surface area contributed by atoms with Gasteiger partial charge in [-0.3, -0.25) is 4.79 Å². The molecule has 0 saturated heterocycles. The second kappa shape index (κ2) is 2.70. The topological polar surface area (TPSA) is 65.5 Å². The lowest BCUT2D eigenvalue weighted by molar-refractivity contribution is 0.101. The van der Waals surface area contributed by atoms with Gasteiger partial charge in [0.25, 0.3) is 5.91 Å². The third-order valence-corrected chi connectivity index (χ3v) is 2.43. The van der Waals surface area contributed by atoms with Gasteiger partial charge < -0.3 is 10.1 Å². The average molecular weight is 192 g/mol. The van der Waals surface area contributed by atoms with E-state index >= 15 is 0 Å². The van der Waals surface area contributed by atoms with Gasteiger partial charge in [0.15, 0.2) is 5.88 Å². The number of aromatic nitrogens is 1. The van der Waals surface area contributed by atoms with Crippen molar-refractivity contribution < 1.29 is 9.90 Å². The van der Waals surface area contributed by atoms with Crippen LogP contribution < -0.4 is 0 Å². The van der Waals surface area contributed by atoms with E-state index < -0.39 is 0 Å². The number of aliphatic imine (C=N–C) groups is 1. The molecule has 1 amide bonds. The molecule has 0 fully saturated rings. The van der Waals surface area contributed by atoms with Crippen LogP contribution in [-0.4, -0.2) is 21.7 Å². The summed E-state index contributed by atoms with van der Waals surface area (Å²) in [6.07, 6.45) is 0. The van der Waals surface area contributed by atoms with Crippen molar-refractivity contribution in [1.82, 2.24) is 4.98 Å². The molecule has 0 spiro atoms.